The van der Waals surface area contributed by atoms with Crippen molar-refractivity contribution in [1.82, 2.24) is 0 Å². The molecule has 0 aromatic heterocycles. The highest BCUT2D eigenvalue weighted by atomic mass is 127. The molecular formula is C12H9ClINO. The Balaban J connectivity index is 2.29. The number of rotatable bonds is 1. The van der Waals surface area contributed by atoms with E-state index in [1.54, 1.807) is 11.0 Å². The lowest BCUT2D eigenvalue weighted by molar-refractivity contribution is -0.117. The van der Waals surface area contributed by atoms with Gasteiger partial charge in [0.1, 0.15) is 0 Å². The number of amides is 1. The highest BCUT2D eigenvalue weighted by molar-refractivity contribution is 14.1. The number of terminal acetylenes is 1. The van der Waals surface area contributed by atoms with Crippen LogP contribution in [0.2, 0.25) is 5.02 Å². The average Bonchev–Trinajstić information content (AvgIpc) is 2.64. The number of hydrogen-bond acceptors (Lipinski definition) is 1. The normalized spacial score (nSPS) is 19.9. The van der Waals surface area contributed by atoms with E-state index >= 15 is 0 Å². The van der Waals surface area contributed by atoms with Crippen LogP contribution in [0.15, 0.2) is 18.2 Å². The lowest BCUT2D eigenvalue weighted by Crippen LogP contribution is -2.24. The van der Waals surface area contributed by atoms with Crippen molar-refractivity contribution < 1.29 is 4.79 Å². The zero-order valence-electron chi connectivity index (χ0n) is 8.41. The first kappa shape index (κ1) is 11.7. The van der Waals surface area contributed by atoms with Gasteiger partial charge >= 0.3 is 0 Å². The topological polar surface area (TPSA) is 20.3 Å². The van der Waals surface area contributed by atoms with Gasteiger partial charge in [-0.05, 0) is 40.8 Å². The summed E-state index contributed by atoms with van der Waals surface area (Å²) in [4.78, 5) is 13.5. The number of benzene rings is 1. The van der Waals surface area contributed by atoms with Crippen LogP contribution in [-0.4, -0.2) is 12.5 Å². The molecule has 1 aromatic carbocycles. The summed E-state index contributed by atoms with van der Waals surface area (Å²) in [6, 6.07) is 5.55. The maximum atomic E-state index is 11.7. The van der Waals surface area contributed by atoms with Crippen molar-refractivity contribution in [2.24, 2.45) is 5.92 Å². The van der Waals surface area contributed by atoms with E-state index in [-0.39, 0.29) is 11.8 Å². The van der Waals surface area contributed by atoms with Gasteiger partial charge in [-0.2, -0.15) is 0 Å². The van der Waals surface area contributed by atoms with E-state index < -0.39 is 0 Å². The van der Waals surface area contributed by atoms with Gasteiger partial charge in [-0.15, -0.1) is 12.3 Å². The molecule has 1 unspecified atom stereocenters. The molecule has 82 valence electrons. The molecule has 0 radical (unpaired) electrons. The van der Waals surface area contributed by atoms with Gasteiger partial charge in [-0.3, -0.25) is 4.79 Å². The minimum absolute atomic E-state index is 0.0286. The number of carbonyl (C=O) groups is 1. The summed E-state index contributed by atoms with van der Waals surface area (Å²) in [7, 11) is 0. The van der Waals surface area contributed by atoms with Gasteiger partial charge in [0.15, 0.2) is 0 Å². The lowest BCUT2D eigenvalue weighted by atomic mass is 10.1. The lowest BCUT2D eigenvalue weighted by Gasteiger charge is -2.16. The standard InChI is InChI=1S/C12H9ClINO/c1-2-8-5-12(16)15(7-8)9-3-4-10(13)11(14)6-9/h1,3-4,6,8H,5,7H2. The largest absolute Gasteiger partial charge is 0.311 e. The predicted octanol–water partition coefficient (Wildman–Crippen LogP) is 2.93. The van der Waals surface area contributed by atoms with Gasteiger partial charge < -0.3 is 4.90 Å². The summed E-state index contributed by atoms with van der Waals surface area (Å²) in [5.74, 6) is 2.74. The molecule has 1 amide bonds. The smallest absolute Gasteiger partial charge is 0.228 e. The van der Waals surface area contributed by atoms with Gasteiger partial charge in [0.2, 0.25) is 5.91 Å². The molecule has 0 bridgehead atoms. The summed E-state index contributed by atoms with van der Waals surface area (Å²) >= 11 is 8.08. The van der Waals surface area contributed by atoms with E-state index in [1.807, 2.05) is 12.1 Å². The van der Waals surface area contributed by atoms with Gasteiger partial charge in [0.05, 0.1) is 5.02 Å². The fraction of sp³-hybridized carbons (Fsp3) is 0.250. The van der Waals surface area contributed by atoms with Crippen LogP contribution >= 0.6 is 34.2 Å². The second-order valence-electron chi connectivity index (χ2n) is 3.67. The van der Waals surface area contributed by atoms with Crippen molar-refractivity contribution in [1.29, 1.82) is 0 Å². The highest BCUT2D eigenvalue weighted by Crippen LogP contribution is 2.28. The van der Waals surface area contributed by atoms with E-state index in [9.17, 15) is 4.79 Å². The maximum Gasteiger partial charge on any atom is 0.228 e. The molecule has 1 heterocycles. The summed E-state index contributed by atoms with van der Waals surface area (Å²) in [6.45, 7) is 0.604. The van der Waals surface area contributed by atoms with Gasteiger partial charge in [-0.1, -0.05) is 11.6 Å². The van der Waals surface area contributed by atoms with Crippen LogP contribution in [-0.2, 0) is 4.79 Å². The molecule has 16 heavy (non-hydrogen) atoms. The summed E-state index contributed by atoms with van der Waals surface area (Å²) < 4.78 is 0.939. The zero-order valence-corrected chi connectivity index (χ0v) is 11.3. The first-order valence-corrected chi connectivity index (χ1v) is 6.29. The third-order valence-electron chi connectivity index (χ3n) is 2.58. The predicted molar refractivity (Wildman–Crippen MR) is 73.5 cm³/mol. The molecule has 1 saturated heterocycles. The number of hydrogen-bond donors (Lipinski definition) is 0. The van der Waals surface area contributed by atoms with Crippen LogP contribution in [0.25, 0.3) is 0 Å². The molecule has 2 rings (SSSR count). The highest BCUT2D eigenvalue weighted by Gasteiger charge is 2.29. The van der Waals surface area contributed by atoms with Gasteiger partial charge in [0, 0.05) is 28.1 Å². The molecule has 1 atom stereocenters. The third kappa shape index (κ3) is 2.18. The number of halogens is 2. The summed E-state index contributed by atoms with van der Waals surface area (Å²) in [6.07, 6.45) is 5.78. The van der Waals surface area contributed by atoms with E-state index in [0.29, 0.717) is 18.0 Å². The quantitative estimate of drug-likeness (QED) is 0.566. The van der Waals surface area contributed by atoms with E-state index in [0.717, 1.165) is 9.26 Å². The summed E-state index contributed by atoms with van der Waals surface area (Å²) in [5, 5.41) is 0.699. The van der Waals surface area contributed by atoms with E-state index in [1.165, 1.54) is 0 Å². The minimum Gasteiger partial charge on any atom is -0.311 e. The zero-order chi connectivity index (χ0) is 11.7. The Morgan fingerprint density at radius 3 is 2.88 bits per heavy atom. The Morgan fingerprint density at radius 2 is 2.31 bits per heavy atom. The molecule has 0 saturated carbocycles. The first-order chi connectivity index (χ1) is 7.61. The minimum atomic E-state index is 0.0286. The first-order valence-electron chi connectivity index (χ1n) is 4.83. The van der Waals surface area contributed by atoms with Crippen LogP contribution < -0.4 is 4.90 Å². The average molecular weight is 346 g/mol. The fourth-order valence-corrected chi connectivity index (χ4v) is 2.34. The third-order valence-corrected chi connectivity index (χ3v) is 4.12. The second kappa shape index (κ2) is 4.64. The molecule has 1 aromatic rings. The van der Waals surface area contributed by atoms with Crippen LogP contribution in [0.1, 0.15) is 6.42 Å². The van der Waals surface area contributed by atoms with Gasteiger partial charge in [-0.25, -0.2) is 0 Å². The molecular weight excluding hydrogens is 336 g/mol. The Bertz CT molecular complexity index is 480. The van der Waals surface area contributed by atoms with Crippen molar-refractivity contribution in [2.45, 2.75) is 6.42 Å². The van der Waals surface area contributed by atoms with Crippen molar-refractivity contribution in [3.8, 4) is 12.3 Å². The summed E-state index contributed by atoms with van der Waals surface area (Å²) in [5.41, 5.74) is 0.872. The van der Waals surface area contributed by atoms with Gasteiger partial charge in [0.25, 0.3) is 0 Å². The van der Waals surface area contributed by atoms with Crippen LogP contribution in [0.4, 0.5) is 5.69 Å². The second-order valence-corrected chi connectivity index (χ2v) is 5.24. The maximum absolute atomic E-state index is 11.7. The monoisotopic (exact) mass is 345 g/mol. The van der Waals surface area contributed by atoms with E-state index in [2.05, 4.69) is 28.5 Å². The van der Waals surface area contributed by atoms with E-state index in [4.69, 9.17) is 18.0 Å². The SMILES string of the molecule is C#CC1CC(=O)N(c2ccc(Cl)c(I)c2)C1. The fourth-order valence-electron chi connectivity index (χ4n) is 1.72. The molecule has 0 aliphatic carbocycles. The van der Waals surface area contributed by atoms with Crippen molar-refractivity contribution >= 4 is 45.8 Å². The molecule has 1 fully saturated rings. The van der Waals surface area contributed by atoms with Crippen molar-refractivity contribution in [3.05, 3.63) is 26.8 Å². The molecule has 2 nitrogen and oxygen atoms in total. The molecule has 1 aliphatic heterocycles. The molecule has 4 heteroatoms. The Morgan fingerprint density at radius 1 is 1.56 bits per heavy atom. The van der Waals surface area contributed by atoms with Crippen molar-refractivity contribution in [3.63, 3.8) is 0 Å². The molecule has 0 spiro atoms. The van der Waals surface area contributed by atoms with Crippen molar-refractivity contribution in [2.75, 3.05) is 11.4 Å². The van der Waals surface area contributed by atoms with Crippen LogP contribution in [0.3, 0.4) is 0 Å². The van der Waals surface area contributed by atoms with Crippen LogP contribution in [0, 0.1) is 21.8 Å². The number of carbonyl (C=O) groups excluding carboxylic acids is 1. The molecule has 1 aliphatic rings. The number of nitrogens with zero attached hydrogens (tertiary/aromatic N) is 1. The Labute approximate surface area is 113 Å². The van der Waals surface area contributed by atoms with Crippen LogP contribution in [0.5, 0.6) is 0 Å². The number of anilines is 1. The molecule has 0 N–H and O–H groups in total. The Hall–Kier alpha value is -0.730. The Kier molecular flexibility index (Phi) is 3.41.